The van der Waals surface area contributed by atoms with E-state index in [9.17, 15) is 14.4 Å². The summed E-state index contributed by atoms with van der Waals surface area (Å²) < 4.78 is 21.2. The van der Waals surface area contributed by atoms with Gasteiger partial charge in [-0.25, -0.2) is 4.79 Å². The van der Waals surface area contributed by atoms with E-state index >= 15 is 0 Å². The highest BCUT2D eigenvalue weighted by Gasteiger charge is 2.20. The average molecular weight is 426 g/mol. The van der Waals surface area contributed by atoms with Gasteiger partial charge in [-0.05, 0) is 56.3 Å². The number of benzene rings is 2. The van der Waals surface area contributed by atoms with Crippen molar-refractivity contribution in [3.63, 3.8) is 0 Å². The van der Waals surface area contributed by atoms with Gasteiger partial charge < -0.3 is 18.6 Å². The summed E-state index contributed by atoms with van der Waals surface area (Å²) in [4.78, 5) is 36.3. The number of hydrogen-bond donors (Lipinski definition) is 2. The third-order valence-electron chi connectivity index (χ3n) is 4.35. The van der Waals surface area contributed by atoms with E-state index in [0.717, 1.165) is 0 Å². The van der Waals surface area contributed by atoms with Gasteiger partial charge in [0.2, 0.25) is 0 Å². The summed E-state index contributed by atoms with van der Waals surface area (Å²) in [5, 5.41) is 0.529. The molecule has 0 spiro atoms. The van der Waals surface area contributed by atoms with Gasteiger partial charge in [0.1, 0.15) is 28.4 Å². The number of furan rings is 1. The van der Waals surface area contributed by atoms with Crippen molar-refractivity contribution < 1.29 is 33.0 Å². The van der Waals surface area contributed by atoms with E-state index < -0.39 is 17.8 Å². The Kier molecular flexibility index (Phi) is 6.76. The fourth-order valence-corrected chi connectivity index (χ4v) is 2.87. The number of fused-ring (bicyclic) bond motifs is 1. The van der Waals surface area contributed by atoms with Gasteiger partial charge in [-0.1, -0.05) is 0 Å². The second-order valence-electron chi connectivity index (χ2n) is 6.43. The zero-order chi connectivity index (χ0) is 22.4. The Morgan fingerprint density at radius 1 is 1.00 bits per heavy atom. The largest absolute Gasteiger partial charge is 0.497 e. The third kappa shape index (κ3) is 5.13. The molecule has 0 bridgehead atoms. The number of ether oxygens (including phenoxy) is 3. The van der Waals surface area contributed by atoms with E-state index in [2.05, 4.69) is 10.9 Å². The molecule has 9 heteroatoms. The Hall–Kier alpha value is -4.01. The van der Waals surface area contributed by atoms with Crippen LogP contribution in [0, 0.1) is 6.92 Å². The van der Waals surface area contributed by atoms with Gasteiger partial charge in [-0.15, -0.1) is 0 Å². The van der Waals surface area contributed by atoms with Crippen molar-refractivity contribution in [3.05, 3.63) is 59.4 Å². The van der Waals surface area contributed by atoms with E-state index in [1.54, 1.807) is 56.3 Å². The molecule has 2 N–H and O–H groups in total. The Morgan fingerprint density at radius 3 is 2.39 bits per heavy atom. The van der Waals surface area contributed by atoms with Crippen molar-refractivity contribution in [2.24, 2.45) is 0 Å². The number of aryl methyl sites for hydroxylation is 1. The van der Waals surface area contributed by atoms with Crippen LogP contribution in [-0.2, 0) is 9.53 Å². The van der Waals surface area contributed by atoms with Gasteiger partial charge in [0.25, 0.3) is 11.8 Å². The van der Waals surface area contributed by atoms with Gasteiger partial charge in [-0.2, -0.15) is 0 Å². The lowest BCUT2D eigenvalue weighted by Gasteiger charge is -2.09. The molecule has 0 aliphatic rings. The second kappa shape index (κ2) is 9.66. The Morgan fingerprint density at radius 2 is 1.71 bits per heavy atom. The monoisotopic (exact) mass is 426 g/mol. The second-order valence-corrected chi connectivity index (χ2v) is 6.43. The number of hydrazine groups is 1. The van der Waals surface area contributed by atoms with Crippen LogP contribution >= 0.6 is 0 Å². The molecule has 0 radical (unpaired) electrons. The molecule has 0 atom stereocenters. The minimum absolute atomic E-state index is 0.240. The van der Waals surface area contributed by atoms with Crippen LogP contribution in [0.25, 0.3) is 11.0 Å². The highest BCUT2D eigenvalue weighted by atomic mass is 16.5. The first-order valence-electron chi connectivity index (χ1n) is 9.49. The molecule has 0 unspecified atom stereocenters. The molecule has 9 nitrogen and oxygen atoms in total. The van der Waals surface area contributed by atoms with Crippen LogP contribution in [0.15, 0.2) is 46.9 Å². The number of nitrogens with one attached hydrogen (secondary N) is 2. The smallest absolute Gasteiger partial charge is 0.342 e. The van der Waals surface area contributed by atoms with Crippen LogP contribution < -0.4 is 20.3 Å². The van der Waals surface area contributed by atoms with Gasteiger partial charge in [0.15, 0.2) is 6.61 Å². The molecular formula is C22H22N2O7. The quantitative estimate of drug-likeness (QED) is 0.441. The first-order chi connectivity index (χ1) is 14.9. The van der Waals surface area contributed by atoms with Crippen LogP contribution in [0.5, 0.6) is 11.5 Å². The average Bonchev–Trinajstić information content (AvgIpc) is 3.11. The molecule has 0 aliphatic carbocycles. The Bertz CT molecular complexity index is 1100. The van der Waals surface area contributed by atoms with E-state index in [1.807, 2.05) is 0 Å². The van der Waals surface area contributed by atoms with Crippen LogP contribution in [0.2, 0.25) is 0 Å². The lowest BCUT2D eigenvalue weighted by atomic mass is 10.1. The minimum atomic E-state index is -0.559. The van der Waals surface area contributed by atoms with Crippen LogP contribution in [0.4, 0.5) is 0 Å². The summed E-state index contributed by atoms with van der Waals surface area (Å²) in [7, 11) is 1.53. The fourth-order valence-electron chi connectivity index (χ4n) is 2.87. The van der Waals surface area contributed by atoms with Gasteiger partial charge >= 0.3 is 5.97 Å². The molecule has 0 saturated carbocycles. The SMILES string of the molecule is CCOC(=O)c1c(C)oc2ccc(OCC(=O)NNC(=O)c3ccc(OC)cc3)cc12. The first-order valence-corrected chi connectivity index (χ1v) is 9.49. The van der Waals surface area contributed by atoms with Crippen molar-refractivity contribution in [2.75, 3.05) is 20.3 Å². The first kappa shape index (κ1) is 21.7. The summed E-state index contributed by atoms with van der Waals surface area (Å²) in [5.74, 6) is -0.124. The molecule has 2 aromatic carbocycles. The normalized spacial score (nSPS) is 10.4. The summed E-state index contributed by atoms with van der Waals surface area (Å²) >= 11 is 0. The number of amides is 2. The summed E-state index contributed by atoms with van der Waals surface area (Å²) in [6, 6.07) is 11.3. The molecule has 2 amide bonds. The van der Waals surface area contributed by atoms with E-state index in [1.165, 1.54) is 7.11 Å². The third-order valence-corrected chi connectivity index (χ3v) is 4.35. The van der Waals surface area contributed by atoms with Crippen molar-refractivity contribution >= 4 is 28.8 Å². The van der Waals surface area contributed by atoms with E-state index in [0.29, 0.717) is 39.4 Å². The Labute approximate surface area is 178 Å². The predicted octanol–water partition coefficient (Wildman–Crippen LogP) is 2.77. The molecule has 1 aromatic heterocycles. The highest BCUT2D eigenvalue weighted by Crippen LogP contribution is 2.29. The van der Waals surface area contributed by atoms with Crippen LogP contribution in [0.3, 0.4) is 0 Å². The number of rotatable bonds is 7. The number of carbonyl (C=O) groups is 3. The number of hydrogen-bond acceptors (Lipinski definition) is 7. The summed E-state index contributed by atoms with van der Waals surface area (Å²) in [5.41, 5.74) is 5.77. The van der Waals surface area contributed by atoms with Crippen molar-refractivity contribution in [2.45, 2.75) is 13.8 Å². The standard InChI is InChI=1S/C22H22N2O7/c1-4-29-22(27)20-13(2)31-18-10-9-16(11-17(18)20)30-12-19(25)23-24-21(26)14-5-7-15(28-3)8-6-14/h5-11H,4,12H2,1-3H3,(H,23,25)(H,24,26). The van der Waals surface area contributed by atoms with Crippen molar-refractivity contribution in [3.8, 4) is 11.5 Å². The molecule has 1 heterocycles. The zero-order valence-electron chi connectivity index (χ0n) is 17.3. The number of methoxy groups -OCH3 is 1. The highest BCUT2D eigenvalue weighted by molar-refractivity contribution is 6.05. The lowest BCUT2D eigenvalue weighted by molar-refractivity contribution is -0.123. The van der Waals surface area contributed by atoms with Crippen molar-refractivity contribution in [1.29, 1.82) is 0 Å². The maximum atomic E-state index is 12.2. The zero-order valence-corrected chi connectivity index (χ0v) is 17.3. The maximum absolute atomic E-state index is 12.2. The van der Waals surface area contributed by atoms with Gasteiger partial charge in [-0.3, -0.25) is 20.4 Å². The van der Waals surface area contributed by atoms with E-state index in [-0.39, 0.29) is 13.2 Å². The molecule has 3 rings (SSSR count). The van der Waals surface area contributed by atoms with Gasteiger partial charge in [0, 0.05) is 10.9 Å². The lowest BCUT2D eigenvalue weighted by Crippen LogP contribution is -2.43. The molecule has 0 saturated heterocycles. The number of esters is 1. The summed E-state index contributed by atoms with van der Waals surface area (Å²) in [6.07, 6.45) is 0. The predicted molar refractivity (Wildman–Crippen MR) is 111 cm³/mol. The van der Waals surface area contributed by atoms with Crippen LogP contribution in [-0.4, -0.2) is 38.1 Å². The van der Waals surface area contributed by atoms with Crippen LogP contribution in [0.1, 0.15) is 33.4 Å². The van der Waals surface area contributed by atoms with E-state index in [4.69, 9.17) is 18.6 Å². The molecule has 3 aromatic rings. The fraction of sp³-hybridized carbons (Fsp3) is 0.227. The maximum Gasteiger partial charge on any atom is 0.342 e. The Balaban J connectivity index is 1.58. The van der Waals surface area contributed by atoms with Crippen molar-refractivity contribution in [1.82, 2.24) is 10.9 Å². The molecule has 0 fully saturated rings. The molecule has 31 heavy (non-hydrogen) atoms. The minimum Gasteiger partial charge on any atom is -0.497 e. The molecule has 0 aliphatic heterocycles. The number of carbonyl (C=O) groups excluding carboxylic acids is 3. The van der Waals surface area contributed by atoms with Gasteiger partial charge in [0.05, 0.1) is 13.7 Å². The molecular weight excluding hydrogens is 404 g/mol. The topological polar surface area (TPSA) is 116 Å². The summed E-state index contributed by atoms with van der Waals surface area (Å²) in [6.45, 7) is 3.28. The molecule has 162 valence electrons.